The number of nitrogens with one attached hydrogen (secondary N) is 1. The summed E-state index contributed by atoms with van der Waals surface area (Å²) >= 11 is 0. The smallest absolute Gasteiger partial charge is 0.264 e. The van der Waals surface area contributed by atoms with Crippen molar-refractivity contribution in [1.82, 2.24) is 9.88 Å². The van der Waals surface area contributed by atoms with E-state index in [-0.39, 0.29) is 18.4 Å². The van der Waals surface area contributed by atoms with Crippen LogP contribution in [0.1, 0.15) is 21.7 Å². The van der Waals surface area contributed by atoms with Crippen molar-refractivity contribution in [2.75, 3.05) is 18.6 Å². The van der Waals surface area contributed by atoms with Crippen LogP contribution in [-0.2, 0) is 18.4 Å². The minimum atomic E-state index is -0.182. The Morgan fingerprint density at radius 2 is 2.04 bits per heavy atom. The second-order valence-corrected chi connectivity index (χ2v) is 5.63. The van der Waals surface area contributed by atoms with Crippen LogP contribution in [0, 0.1) is 6.92 Å². The molecule has 6 heteroatoms. The van der Waals surface area contributed by atoms with Gasteiger partial charge in [0.2, 0.25) is 0 Å². The van der Waals surface area contributed by atoms with Crippen LogP contribution in [0.3, 0.4) is 0 Å². The van der Waals surface area contributed by atoms with Crippen LogP contribution in [-0.4, -0.2) is 30.0 Å². The average Bonchev–Trinajstić information content (AvgIpc) is 2.87. The maximum Gasteiger partial charge on any atom is 0.264 e. The molecule has 0 saturated heterocycles. The molecule has 1 aliphatic rings. The number of aryl methyl sites for hydroxylation is 1. The highest BCUT2D eigenvalue weighted by atomic mass is 16.5. The average molecular weight is 313 g/mol. The molecule has 6 nitrogen and oxygen atoms in total. The first-order valence-electron chi connectivity index (χ1n) is 7.40. The van der Waals surface area contributed by atoms with Crippen molar-refractivity contribution in [2.24, 2.45) is 7.05 Å². The fourth-order valence-corrected chi connectivity index (χ4v) is 2.53. The van der Waals surface area contributed by atoms with Crippen LogP contribution in [0.5, 0.6) is 5.75 Å². The molecule has 120 valence electrons. The normalized spacial score (nSPS) is 13.5. The zero-order valence-electron chi connectivity index (χ0n) is 13.4. The molecule has 1 aromatic carbocycles. The molecule has 0 fully saturated rings. The van der Waals surface area contributed by atoms with Crippen LogP contribution in [0.15, 0.2) is 30.3 Å². The molecule has 2 aromatic rings. The number of hydrogen-bond donors (Lipinski definition) is 1. The second kappa shape index (κ2) is 5.79. The first-order valence-corrected chi connectivity index (χ1v) is 7.40. The zero-order chi connectivity index (χ0) is 16.6. The number of carbonyl (C=O) groups excluding carboxylic acids is 2. The minimum absolute atomic E-state index is 0.0296. The molecule has 2 amide bonds. The van der Waals surface area contributed by atoms with Crippen molar-refractivity contribution in [3.8, 4) is 5.75 Å². The van der Waals surface area contributed by atoms with Crippen LogP contribution >= 0.6 is 0 Å². The van der Waals surface area contributed by atoms with E-state index >= 15 is 0 Å². The van der Waals surface area contributed by atoms with E-state index in [0.29, 0.717) is 23.5 Å². The second-order valence-electron chi connectivity index (χ2n) is 5.63. The summed E-state index contributed by atoms with van der Waals surface area (Å²) in [6.07, 6.45) is 0. The zero-order valence-corrected chi connectivity index (χ0v) is 13.4. The lowest BCUT2D eigenvalue weighted by Crippen LogP contribution is -2.35. The van der Waals surface area contributed by atoms with E-state index in [1.54, 1.807) is 25.2 Å². The molecule has 23 heavy (non-hydrogen) atoms. The lowest BCUT2D eigenvalue weighted by Gasteiger charge is -2.26. The minimum Gasteiger partial charge on any atom is -0.482 e. The summed E-state index contributed by atoms with van der Waals surface area (Å²) in [5, 5.41) is 2.90. The number of likely N-dealkylation sites (N-methyl/N-ethyl adjacent to an activating group) is 1. The number of carbonyl (C=O) groups is 2. The molecular formula is C17H19N3O3. The van der Waals surface area contributed by atoms with E-state index in [1.807, 2.05) is 30.7 Å². The molecule has 0 aliphatic carbocycles. The number of benzene rings is 1. The Labute approximate surface area is 134 Å². The first kappa shape index (κ1) is 15.1. The van der Waals surface area contributed by atoms with Crippen molar-refractivity contribution in [1.29, 1.82) is 0 Å². The molecule has 0 spiro atoms. The number of anilines is 1. The highest BCUT2D eigenvalue weighted by molar-refractivity contribution is 6.00. The highest BCUT2D eigenvalue weighted by Crippen LogP contribution is 2.31. The van der Waals surface area contributed by atoms with Gasteiger partial charge in [-0.3, -0.25) is 9.59 Å². The predicted molar refractivity (Wildman–Crippen MR) is 86.7 cm³/mol. The summed E-state index contributed by atoms with van der Waals surface area (Å²) < 4.78 is 7.40. The molecule has 1 aliphatic heterocycles. The van der Waals surface area contributed by atoms with E-state index < -0.39 is 0 Å². The maximum absolute atomic E-state index is 12.3. The monoisotopic (exact) mass is 313 g/mol. The molecule has 1 N–H and O–H groups in total. The van der Waals surface area contributed by atoms with E-state index in [4.69, 9.17) is 4.74 Å². The molecular weight excluding hydrogens is 294 g/mol. The number of rotatable bonds is 3. The number of aromatic nitrogens is 1. The standard InChI is InChI=1S/C17H19N3O3/c1-11-4-6-13(19(11)2)9-18-17(22)12-5-7-15-14(8-12)20(3)16(21)10-23-15/h4-8H,9-10H2,1-3H3,(H,18,22). The van der Waals surface area contributed by atoms with Crippen LogP contribution in [0.25, 0.3) is 0 Å². The Morgan fingerprint density at radius 1 is 1.26 bits per heavy atom. The van der Waals surface area contributed by atoms with Crippen LogP contribution < -0.4 is 15.0 Å². The molecule has 0 saturated carbocycles. The summed E-state index contributed by atoms with van der Waals surface area (Å²) in [6.45, 7) is 2.50. The Morgan fingerprint density at radius 3 is 2.74 bits per heavy atom. The first-order chi connectivity index (χ1) is 11.0. The van der Waals surface area contributed by atoms with Gasteiger partial charge < -0.3 is 19.5 Å². The van der Waals surface area contributed by atoms with Gasteiger partial charge in [-0.1, -0.05) is 0 Å². The van der Waals surface area contributed by atoms with Gasteiger partial charge >= 0.3 is 0 Å². The fourth-order valence-electron chi connectivity index (χ4n) is 2.53. The van der Waals surface area contributed by atoms with Crippen molar-refractivity contribution >= 4 is 17.5 Å². The molecule has 2 heterocycles. The molecule has 0 bridgehead atoms. The molecule has 0 radical (unpaired) electrons. The van der Waals surface area contributed by atoms with Gasteiger partial charge in [-0.15, -0.1) is 0 Å². The van der Waals surface area contributed by atoms with Crippen LogP contribution in [0.2, 0.25) is 0 Å². The summed E-state index contributed by atoms with van der Waals surface area (Å²) in [7, 11) is 3.64. The lowest BCUT2D eigenvalue weighted by atomic mass is 10.1. The van der Waals surface area contributed by atoms with Gasteiger partial charge in [-0.25, -0.2) is 0 Å². The van der Waals surface area contributed by atoms with E-state index in [1.165, 1.54) is 4.90 Å². The third-order valence-electron chi connectivity index (χ3n) is 4.21. The van der Waals surface area contributed by atoms with Gasteiger partial charge in [0.05, 0.1) is 12.2 Å². The van der Waals surface area contributed by atoms with Crippen molar-refractivity contribution in [2.45, 2.75) is 13.5 Å². The molecule has 3 rings (SSSR count). The largest absolute Gasteiger partial charge is 0.482 e. The highest BCUT2D eigenvalue weighted by Gasteiger charge is 2.23. The summed E-state index contributed by atoms with van der Waals surface area (Å²) in [6, 6.07) is 9.10. The number of ether oxygens (including phenoxy) is 1. The number of nitrogens with zero attached hydrogens (tertiary/aromatic N) is 2. The SMILES string of the molecule is Cc1ccc(CNC(=O)c2ccc3c(c2)N(C)C(=O)CO3)n1C. The fraction of sp³-hybridized carbons (Fsp3) is 0.294. The molecule has 0 atom stereocenters. The quantitative estimate of drug-likeness (QED) is 0.936. The predicted octanol–water partition coefficient (Wildman–Crippen LogP) is 1.62. The Kier molecular flexibility index (Phi) is 3.82. The van der Waals surface area contributed by atoms with Gasteiger partial charge in [0, 0.05) is 31.0 Å². The van der Waals surface area contributed by atoms with E-state index in [0.717, 1.165) is 11.4 Å². The van der Waals surface area contributed by atoms with E-state index in [2.05, 4.69) is 5.32 Å². The summed E-state index contributed by atoms with van der Waals surface area (Å²) in [5.41, 5.74) is 3.29. The Hall–Kier alpha value is -2.76. The third-order valence-corrected chi connectivity index (χ3v) is 4.21. The van der Waals surface area contributed by atoms with Crippen LogP contribution in [0.4, 0.5) is 5.69 Å². The maximum atomic E-state index is 12.3. The van der Waals surface area contributed by atoms with Gasteiger partial charge in [0.1, 0.15) is 5.75 Å². The van der Waals surface area contributed by atoms with E-state index in [9.17, 15) is 9.59 Å². The summed E-state index contributed by atoms with van der Waals surface area (Å²) in [5.74, 6) is 0.300. The van der Waals surface area contributed by atoms with Gasteiger partial charge in [0.15, 0.2) is 6.61 Å². The Bertz CT molecular complexity index is 779. The molecule has 1 aromatic heterocycles. The van der Waals surface area contributed by atoms with Gasteiger partial charge in [0.25, 0.3) is 11.8 Å². The summed E-state index contributed by atoms with van der Waals surface area (Å²) in [4.78, 5) is 25.5. The lowest BCUT2D eigenvalue weighted by molar-refractivity contribution is -0.120. The number of fused-ring (bicyclic) bond motifs is 1. The molecule has 0 unspecified atom stereocenters. The topological polar surface area (TPSA) is 63.6 Å². The van der Waals surface area contributed by atoms with Gasteiger partial charge in [-0.05, 0) is 37.3 Å². The number of hydrogen-bond acceptors (Lipinski definition) is 3. The Balaban J connectivity index is 1.75. The number of amides is 2. The third kappa shape index (κ3) is 2.79. The van der Waals surface area contributed by atoms with Crippen molar-refractivity contribution in [3.05, 3.63) is 47.3 Å². The van der Waals surface area contributed by atoms with Crippen molar-refractivity contribution < 1.29 is 14.3 Å². The van der Waals surface area contributed by atoms with Gasteiger partial charge in [-0.2, -0.15) is 0 Å². The van der Waals surface area contributed by atoms with Crippen molar-refractivity contribution in [3.63, 3.8) is 0 Å².